The Bertz CT molecular complexity index is 1080. The first kappa shape index (κ1) is 18.5. The van der Waals surface area contributed by atoms with Gasteiger partial charge < -0.3 is 10.5 Å². The molecule has 7 heteroatoms. The summed E-state index contributed by atoms with van der Waals surface area (Å²) in [5.74, 6) is 0.252. The van der Waals surface area contributed by atoms with Crippen molar-refractivity contribution in [1.29, 1.82) is 0 Å². The lowest BCUT2D eigenvalue weighted by Gasteiger charge is -2.14. The second-order valence-electron chi connectivity index (χ2n) is 5.86. The Morgan fingerprint density at radius 1 is 0.963 bits per heavy atom. The minimum Gasteiger partial charge on any atom is -0.455 e. The molecule has 0 saturated carbocycles. The summed E-state index contributed by atoms with van der Waals surface area (Å²) in [5, 5.41) is 0. The third kappa shape index (κ3) is 4.27. The molecule has 6 nitrogen and oxygen atoms in total. The number of carbonyl (C=O) groups is 1. The molecule has 0 aliphatic rings. The Labute approximate surface area is 157 Å². The average molecular weight is 382 g/mol. The molecule has 0 heterocycles. The number of anilines is 1. The van der Waals surface area contributed by atoms with E-state index in [0.717, 1.165) is 0 Å². The Morgan fingerprint density at radius 3 is 2.33 bits per heavy atom. The maximum Gasteiger partial charge on any atom is 0.262 e. The molecule has 0 atom stereocenters. The number of ether oxygens (including phenoxy) is 1. The van der Waals surface area contributed by atoms with Crippen LogP contribution in [0.1, 0.15) is 15.9 Å². The highest BCUT2D eigenvalue weighted by Crippen LogP contribution is 2.31. The van der Waals surface area contributed by atoms with Crippen LogP contribution in [0.3, 0.4) is 0 Å². The summed E-state index contributed by atoms with van der Waals surface area (Å²) in [7, 11) is -3.94. The number of benzene rings is 3. The van der Waals surface area contributed by atoms with Crippen LogP contribution in [0.5, 0.6) is 11.5 Å². The normalized spacial score (nSPS) is 11.0. The fourth-order valence-corrected chi connectivity index (χ4v) is 3.59. The number of sulfonamides is 1. The third-order valence-corrected chi connectivity index (χ3v) is 5.25. The molecule has 0 aliphatic heterocycles. The first-order valence-corrected chi connectivity index (χ1v) is 9.60. The monoisotopic (exact) mass is 382 g/mol. The van der Waals surface area contributed by atoms with Crippen molar-refractivity contribution in [3.05, 3.63) is 83.9 Å². The van der Waals surface area contributed by atoms with E-state index in [2.05, 4.69) is 4.72 Å². The highest BCUT2D eigenvalue weighted by molar-refractivity contribution is 7.92. The van der Waals surface area contributed by atoms with Crippen molar-refractivity contribution >= 4 is 21.6 Å². The predicted octanol–water partition coefficient (Wildman–Crippen LogP) is 3.69. The molecule has 3 aromatic carbocycles. The van der Waals surface area contributed by atoms with Crippen LogP contribution in [0.15, 0.2) is 77.7 Å². The van der Waals surface area contributed by atoms with Gasteiger partial charge in [0.25, 0.3) is 10.0 Å². The third-order valence-electron chi connectivity index (χ3n) is 3.89. The minimum absolute atomic E-state index is 0.0589. The van der Waals surface area contributed by atoms with Gasteiger partial charge in [-0.15, -0.1) is 0 Å². The van der Waals surface area contributed by atoms with E-state index in [4.69, 9.17) is 10.5 Å². The van der Waals surface area contributed by atoms with Crippen molar-refractivity contribution < 1.29 is 17.9 Å². The van der Waals surface area contributed by atoms with Crippen LogP contribution in [0.2, 0.25) is 0 Å². The van der Waals surface area contributed by atoms with Crippen LogP contribution < -0.4 is 15.2 Å². The number of nitrogens with two attached hydrogens (primary N) is 1. The lowest BCUT2D eigenvalue weighted by Crippen LogP contribution is -2.17. The Hall–Kier alpha value is -3.32. The molecule has 0 spiro atoms. The molecule has 0 unspecified atom stereocenters. The van der Waals surface area contributed by atoms with Crippen LogP contribution in [0.25, 0.3) is 0 Å². The molecule has 0 aromatic heterocycles. The number of nitrogens with one attached hydrogen (secondary N) is 1. The van der Waals surface area contributed by atoms with E-state index < -0.39 is 15.9 Å². The lowest BCUT2D eigenvalue weighted by molar-refractivity contribution is 0.0999. The van der Waals surface area contributed by atoms with Crippen LogP contribution in [0, 0.1) is 6.92 Å². The SMILES string of the molecule is Cc1ccc(S(=O)(=O)Nc2ccccc2Oc2ccccc2)cc1C(N)=O. The molecule has 0 aliphatic carbocycles. The number of hydrogen-bond acceptors (Lipinski definition) is 4. The topological polar surface area (TPSA) is 98.5 Å². The van der Waals surface area contributed by atoms with E-state index in [1.54, 1.807) is 49.4 Å². The van der Waals surface area contributed by atoms with E-state index in [-0.39, 0.29) is 16.1 Å². The molecular weight excluding hydrogens is 364 g/mol. The van der Waals surface area contributed by atoms with Crippen molar-refractivity contribution in [3.8, 4) is 11.5 Å². The molecule has 3 aromatic rings. The number of aryl methyl sites for hydroxylation is 1. The second kappa shape index (κ2) is 7.51. The van der Waals surface area contributed by atoms with Gasteiger partial charge in [-0.25, -0.2) is 8.42 Å². The van der Waals surface area contributed by atoms with Crippen molar-refractivity contribution in [2.45, 2.75) is 11.8 Å². The van der Waals surface area contributed by atoms with Crippen molar-refractivity contribution in [1.82, 2.24) is 0 Å². The van der Waals surface area contributed by atoms with Crippen molar-refractivity contribution in [2.24, 2.45) is 5.73 Å². The summed E-state index contributed by atoms with van der Waals surface area (Å²) < 4.78 is 33.8. The fraction of sp³-hybridized carbons (Fsp3) is 0.0500. The molecule has 0 bridgehead atoms. The summed E-state index contributed by atoms with van der Waals surface area (Å²) in [5.41, 5.74) is 6.36. The van der Waals surface area contributed by atoms with Gasteiger partial charge in [0.1, 0.15) is 5.75 Å². The van der Waals surface area contributed by atoms with Gasteiger partial charge in [0, 0.05) is 5.56 Å². The van der Waals surface area contributed by atoms with Gasteiger partial charge in [-0.3, -0.25) is 9.52 Å². The zero-order valence-electron chi connectivity index (χ0n) is 14.5. The van der Waals surface area contributed by atoms with E-state index in [0.29, 0.717) is 17.1 Å². The van der Waals surface area contributed by atoms with Crippen LogP contribution >= 0.6 is 0 Å². The molecule has 1 amide bonds. The largest absolute Gasteiger partial charge is 0.455 e. The first-order chi connectivity index (χ1) is 12.9. The zero-order valence-corrected chi connectivity index (χ0v) is 15.4. The summed E-state index contributed by atoms with van der Waals surface area (Å²) in [4.78, 5) is 11.4. The van der Waals surface area contributed by atoms with Gasteiger partial charge in [0.15, 0.2) is 5.75 Å². The molecule has 27 heavy (non-hydrogen) atoms. The van der Waals surface area contributed by atoms with Gasteiger partial charge in [-0.1, -0.05) is 36.4 Å². The number of carbonyl (C=O) groups excluding carboxylic acids is 1. The van der Waals surface area contributed by atoms with Crippen LogP contribution in [-0.2, 0) is 10.0 Å². The average Bonchev–Trinajstić information content (AvgIpc) is 2.64. The number of para-hydroxylation sites is 3. The van der Waals surface area contributed by atoms with E-state index in [1.807, 2.05) is 18.2 Å². The highest BCUT2D eigenvalue weighted by atomic mass is 32.2. The minimum atomic E-state index is -3.94. The number of hydrogen-bond donors (Lipinski definition) is 2. The van der Waals surface area contributed by atoms with Gasteiger partial charge >= 0.3 is 0 Å². The Balaban J connectivity index is 1.93. The molecule has 138 valence electrons. The summed E-state index contributed by atoms with van der Waals surface area (Å²) in [6, 6.07) is 20.0. The second-order valence-corrected chi connectivity index (χ2v) is 7.54. The van der Waals surface area contributed by atoms with Crippen LogP contribution in [-0.4, -0.2) is 14.3 Å². The van der Waals surface area contributed by atoms with Crippen molar-refractivity contribution in [3.63, 3.8) is 0 Å². The standard InChI is InChI=1S/C20H18N2O4S/c1-14-11-12-16(13-17(14)20(21)23)27(24,25)22-18-9-5-6-10-19(18)26-15-7-3-2-4-8-15/h2-13,22H,1H3,(H2,21,23). The van der Waals surface area contributed by atoms with Crippen molar-refractivity contribution in [2.75, 3.05) is 4.72 Å². The summed E-state index contributed by atoms with van der Waals surface area (Å²) >= 11 is 0. The van der Waals surface area contributed by atoms with Gasteiger partial charge in [0.2, 0.25) is 5.91 Å². The molecule has 3 N–H and O–H groups in total. The quantitative estimate of drug-likeness (QED) is 0.679. The van der Waals surface area contributed by atoms with Gasteiger partial charge in [-0.05, 0) is 48.9 Å². The van der Waals surface area contributed by atoms with E-state index >= 15 is 0 Å². The number of amides is 1. The maximum absolute atomic E-state index is 12.8. The maximum atomic E-state index is 12.8. The molecule has 0 saturated heterocycles. The Morgan fingerprint density at radius 2 is 1.63 bits per heavy atom. The highest BCUT2D eigenvalue weighted by Gasteiger charge is 2.19. The molecule has 0 fully saturated rings. The summed E-state index contributed by atoms with van der Waals surface area (Å²) in [6.07, 6.45) is 0. The number of primary amides is 1. The Kier molecular flexibility index (Phi) is 5.14. The summed E-state index contributed by atoms with van der Waals surface area (Å²) in [6.45, 7) is 1.69. The molecule has 0 radical (unpaired) electrons. The lowest BCUT2D eigenvalue weighted by atomic mass is 10.1. The molecular formula is C20H18N2O4S. The smallest absolute Gasteiger partial charge is 0.262 e. The van der Waals surface area contributed by atoms with E-state index in [9.17, 15) is 13.2 Å². The predicted molar refractivity (Wildman–Crippen MR) is 103 cm³/mol. The zero-order chi connectivity index (χ0) is 19.4. The van der Waals surface area contributed by atoms with Crippen LogP contribution in [0.4, 0.5) is 5.69 Å². The molecule has 3 rings (SSSR count). The first-order valence-electron chi connectivity index (χ1n) is 8.12. The van der Waals surface area contributed by atoms with Gasteiger partial charge in [0.05, 0.1) is 10.6 Å². The fourth-order valence-electron chi connectivity index (χ4n) is 2.49. The van der Waals surface area contributed by atoms with E-state index in [1.165, 1.54) is 12.1 Å². The number of rotatable bonds is 6. The van der Waals surface area contributed by atoms with Gasteiger partial charge in [-0.2, -0.15) is 0 Å².